The van der Waals surface area contributed by atoms with Crippen LogP contribution in [0.1, 0.15) is 51.9 Å². The molecule has 4 N–H and O–H groups in total. The van der Waals surface area contributed by atoms with Crippen LogP contribution in [-0.2, 0) is 9.59 Å². The van der Waals surface area contributed by atoms with Crippen molar-refractivity contribution in [2.45, 2.75) is 69.2 Å². The molecule has 2 fully saturated rings. The summed E-state index contributed by atoms with van der Waals surface area (Å²) in [5, 5.41) is 18.1. The van der Waals surface area contributed by atoms with E-state index in [0.717, 1.165) is 37.9 Å². The summed E-state index contributed by atoms with van der Waals surface area (Å²) in [6.45, 7) is 2.32. The number of rotatable bonds is 11. The van der Waals surface area contributed by atoms with Crippen molar-refractivity contribution in [2.24, 2.45) is 5.92 Å². The van der Waals surface area contributed by atoms with Gasteiger partial charge in [0.2, 0.25) is 5.91 Å². The second-order valence-corrected chi connectivity index (χ2v) is 8.22. The van der Waals surface area contributed by atoms with Gasteiger partial charge in [-0.25, -0.2) is 4.79 Å². The Hall–Kier alpha value is -1.44. The van der Waals surface area contributed by atoms with Gasteiger partial charge in [-0.3, -0.25) is 9.59 Å². The molecule has 142 valence electrons. The number of unbranched alkanes of at least 4 members (excludes halogenated alkanes) is 2. The molecule has 2 saturated heterocycles. The van der Waals surface area contributed by atoms with Crippen molar-refractivity contribution in [3.63, 3.8) is 0 Å². The van der Waals surface area contributed by atoms with E-state index in [1.807, 2.05) is 11.8 Å². The van der Waals surface area contributed by atoms with E-state index in [1.54, 1.807) is 6.92 Å². The third-order valence-electron chi connectivity index (χ3n) is 4.89. The second kappa shape index (κ2) is 9.89. The molecule has 2 rings (SSSR count). The number of amides is 3. The summed E-state index contributed by atoms with van der Waals surface area (Å²) < 4.78 is 0. The highest BCUT2D eigenvalue weighted by atomic mass is 32.2. The van der Waals surface area contributed by atoms with Gasteiger partial charge in [-0.2, -0.15) is 11.8 Å². The maximum absolute atomic E-state index is 11.8. The first kappa shape index (κ1) is 19.9. The number of carbonyl (C=O) groups excluding carboxylic acids is 2. The fraction of sp³-hybridized carbons (Fsp3) is 0.824. The Balaban J connectivity index is 1.46. The highest BCUT2D eigenvalue weighted by molar-refractivity contribution is 8.00. The van der Waals surface area contributed by atoms with Crippen molar-refractivity contribution < 1.29 is 19.5 Å². The van der Waals surface area contributed by atoms with Crippen LogP contribution in [0.2, 0.25) is 0 Å². The van der Waals surface area contributed by atoms with E-state index < -0.39 is 5.97 Å². The number of carbonyl (C=O) groups is 3. The smallest absolute Gasteiger partial charge is 0.315 e. The van der Waals surface area contributed by atoms with Crippen molar-refractivity contribution in [1.29, 1.82) is 0 Å². The molecule has 0 aromatic heterocycles. The lowest BCUT2D eigenvalue weighted by molar-refractivity contribution is -0.141. The molecule has 25 heavy (non-hydrogen) atoms. The predicted octanol–water partition coefficient (Wildman–Crippen LogP) is 1.72. The lowest BCUT2D eigenvalue weighted by atomic mass is 10.0. The van der Waals surface area contributed by atoms with E-state index in [-0.39, 0.29) is 29.9 Å². The van der Waals surface area contributed by atoms with Crippen LogP contribution in [0.3, 0.4) is 0 Å². The molecule has 0 spiro atoms. The number of urea groups is 1. The number of fused-ring (bicyclic) bond motifs is 1. The minimum absolute atomic E-state index is 0.0579. The number of carboxylic acids is 1. The SMILES string of the molecule is CC(CCCCNC(=O)CCCCC1SCC2NC(=O)NC21)C(=O)O. The number of aliphatic carboxylic acids is 1. The first-order valence-corrected chi connectivity index (χ1v) is 10.2. The maximum Gasteiger partial charge on any atom is 0.315 e. The Morgan fingerprint density at radius 2 is 2.08 bits per heavy atom. The Labute approximate surface area is 153 Å². The highest BCUT2D eigenvalue weighted by Gasteiger charge is 2.42. The van der Waals surface area contributed by atoms with Crippen LogP contribution in [0.5, 0.6) is 0 Å². The standard InChI is InChI=1S/C17H29N3O4S/c1-11(16(22)23)6-4-5-9-18-14(21)8-3-2-7-13-15-12(10-25-13)19-17(24)20-15/h11-13,15H,2-10H2,1H3,(H,18,21)(H,22,23)(H2,19,20,24). The lowest BCUT2D eigenvalue weighted by Crippen LogP contribution is -2.36. The largest absolute Gasteiger partial charge is 0.481 e. The molecule has 4 atom stereocenters. The normalized spacial score (nSPS) is 25.8. The summed E-state index contributed by atoms with van der Waals surface area (Å²) >= 11 is 1.90. The van der Waals surface area contributed by atoms with Crippen molar-refractivity contribution in [1.82, 2.24) is 16.0 Å². The van der Waals surface area contributed by atoms with Crippen LogP contribution in [-0.4, -0.2) is 52.6 Å². The zero-order chi connectivity index (χ0) is 18.2. The van der Waals surface area contributed by atoms with Crippen LogP contribution < -0.4 is 16.0 Å². The minimum atomic E-state index is -0.760. The molecule has 0 bridgehead atoms. The highest BCUT2D eigenvalue weighted by Crippen LogP contribution is 2.33. The molecular formula is C17H29N3O4S. The van der Waals surface area contributed by atoms with Crippen molar-refractivity contribution in [2.75, 3.05) is 12.3 Å². The number of nitrogens with one attached hydrogen (secondary N) is 3. The summed E-state index contributed by atoms with van der Waals surface area (Å²) in [4.78, 5) is 33.8. The summed E-state index contributed by atoms with van der Waals surface area (Å²) in [5.74, 6) is -0.0406. The molecule has 3 amide bonds. The van der Waals surface area contributed by atoms with Crippen molar-refractivity contribution in [3.05, 3.63) is 0 Å². The van der Waals surface area contributed by atoms with E-state index >= 15 is 0 Å². The lowest BCUT2D eigenvalue weighted by Gasteiger charge is -2.16. The van der Waals surface area contributed by atoms with Gasteiger partial charge in [-0.1, -0.05) is 19.8 Å². The van der Waals surface area contributed by atoms with E-state index in [2.05, 4.69) is 16.0 Å². The van der Waals surface area contributed by atoms with Crippen LogP contribution in [0.25, 0.3) is 0 Å². The van der Waals surface area contributed by atoms with E-state index in [1.165, 1.54) is 0 Å². The van der Waals surface area contributed by atoms with Gasteiger partial charge in [0.15, 0.2) is 0 Å². The number of thioether (sulfide) groups is 1. The summed E-state index contributed by atoms with van der Waals surface area (Å²) in [5.41, 5.74) is 0. The predicted molar refractivity (Wildman–Crippen MR) is 97.6 cm³/mol. The van der Waals surface area contributed by atoms with Gasteiger partial charge < -0.3 is 21.1 Å². The summed E-state index contributed by atoms with van der Waals surface area (Å²) in [6.07, 6.45) is 5.68. The Kier molecular flexibility index (Phi) is 7.87. The van der Waals surface area contributed by atoms with Crippen molar-refractivity contribution >= 4 is 29.7 Å². The average Bonchev–Trinajstić information content (AvgIpc) is 3.10. The molecule has 0 saturated carbocycles. The van der Waals surface area contributed by atoms with Gasteiger partial charge in [0.05, 0.1) is 18.0 Å². The maximum atomic E-state index is 11.8. The monoisotopic (exact) mass is 371 g/mol. The van der Waals surface area contributed by atoms with E-state index in [9.17, 15) is 14.4 Å². The first-order valence-electron chi connectivity index (χ1n) is 9.15. The Morgan fingerprint density at radius 1 is 1.28 bits per heavy atom. The Bertz CT molecular complexity index is 489. The van der Waals surface area contributed by atoms with E-state index in [0.29, 0.717) is 24.6 Å². The number of hydrogen-bond donors (Lipinski definition) is 4. The molecular weight excluding hydrogens is 342 g/mol. The molecule has 7 nitrogen and oxygen atoms in total. The molecule has 2 heterocycles. The van der Waals surface area contributed by atoms with Gasteiger partial charge in [0.25, 0.3) is 0 Å². The minimum Gasteiger partial charge on any atom is -0.481 e. The average molecular weight is 372 g/mol. The first-order chi connectivity index (χ1) is 12.0. The van der Waals surface area contributed by atoms with Crippen LogP contribution in [0.4, 0.5) is 4.79 Å². The van der Waals surface area contributed by atoms with Gasteiger partial charge >= 0.3 is 12.0 Å². The van der Waals surface area contributed by atoms with Crippen LogP contribution in [0.15, 0.2) is 0 Å². The number of hydrogen-bond acceptors (Lipinski definition) is 4. The molecule has 2 aliphatic heterocycles. The summed E-state index contributed by atoms with van der Waals surface area (Å²) in [6, 6.07) is 0.437. The third kappa shape index (κ3) is 6.41. The molecule has 0 aliphatic carbocycles. The van der Waals surface area contributed by atoms with Gasteiger partial charge in [0.1, 0.15) is 0 Å². The van der Waals surface area contributed by atoms with Gasteiger partial charge in [0, 0.05) is 24.0 Å². The number of carboxylic acid groups (broad SMARTS) is 1. The quantitative estimate of drug-likeness (QED) is 0.327. The Morgan fingerprint density at radius 3 is 2.84 bits per heavy atom. The van der Waals surface area contributed by atoms with Crippen LogP contribution in [0, 0.1) is 5.92 Å². The molecule has 0 aromatic carbocycles. The van der Waals surface area contributed by atoms with E-state index in [4.69, 9.17) is 5.11 Å². The second-order valence-electron chi connectivity index (χ2n) is 6.95. The topological polar surface area (TPSA) is 108 Å². The molecule has 0 aromatic rings. The van der Waals surface area contributed by atoms with Gasteiger partial charge in [-0.15, -0.1) is 0 Å². The van der Waals surface area contributed by atoms with Crippen molar-refractivity contribution in [3.8, 4) is 0 Å². The zero-order valence-electron chi connectivity index (χ0n) is 14.8. The van der Waals surface area contributed by atoms with Crippen LogP contribution >= 0.6 is 11.8 Å². The fourth-order valence-electron chi connectivity index (χ4n) is 3.29. The zero-order valence-corrected chi connectivity index (χ0v) is 15.6. The molecule has 2 aliphatic rings. The summed E-state index contributed by atoms with van der Waals surface area (Å²) in [7, 11) is 0. The molecule has 8 heteroatoms. The molecule has 4 unspecified atom stereocenters. The molecule has 0 radical (unpaired) electrons. The fourth-order valence-corrected chi connectivity index (χ4v) is 4.83. The third-order valence-corrected chi connectivity index (χ3v) is 6.40. The van der Waals surface area contributed by atoms with Gasteiger partial charge in [-0.05, 0) is 25.7 Å².